The molecule has 1 unspecified atom stereocenters. The molecule has 176 valence electrons. The van der Waals surface area contributed by atoms with Crippen LogP contribution < -0.4 is 15.4 Å². The lowest BCUT2D eigenvalue weighted by Gasteiger charge is -2.26. The number of hydrogen-bond acceptors (Lipinski definition) is 5. The van der Waals surface area contributed by atoms with Crippen LogP contribution in [0.5, 0.6) is 5.75 Å². The Labute approximate surface area is 190 Å². The normalized spacial score (nSPS) is 19.5. The van der Waals surface area contributed by atoms with Gasteiger partial charge in [0.2, 0.25) is 5.91 Å². The highest BCUT2D eigenvalue weighted by molar-refractivity contribution is 5.92. The van der Waals surface area contributed by atoms with Gasteiger partial charge in [0.1, 0.15) is 11.3 Å². The highest BCUT2D eigenvalue weighted by Crippen LogP contribution is 2.27. The van der Waals surface area contributed by atoms with Gasteiger partial charge in [-0.1, -0.05) is 25.3 Å². The number of hydrogen-bond donors (Lipinski definition) is 2. The fourth-order valence-electron chi connectivity index (χ4n) is 4.49. The number of benzene rings is 1. The number of nitrogens with zero attached hydrogens (tertiary/aromatic N) is 2. The van der Waals surface area contributed by atoms with E-state index >= 15 is 0 Å². The Morgan fingerprint density at radius 3 is 2.62 bits per heavy atom. The molecule has 1 amide bonds. The van der Waals surface area contributed by atoms with Crippen LogP contribution in [0.4, 0.5) is 0 Å². The number of amides is 1. The number of nitrogens with one attached hydrogen (secondary N) is 2. The Balaban J connectivity index is 1.60. The van der Waals surface area contributed by atoms with Gasteiger partial charge < -0.3 is 25.0 Å². The molecule has 1 heterocycles. The first-order valence-corrected chi connectivity index (χ1v) is 11.6. The van der Waals surface area contributed by atoms with Crippen molar-refractivity contribution in [2.45, 2.75) is 58.0 Å². The number of carbonyl (C=O) groups is 2. The van der Waals surface area contributed by atoms with E-state index in [9.17, 15) is 9.59 Å². The van der Waals surface area contributed by atoms with Gasteiger partial charge in [-0.15, -0.1) is 0 Å². The van der Waals surface area contributed by atoms with Gasteiger partial charge in [0.05, 0.1) is 20.8 Å². The predicted octanol–water partition coefficient (Wildman–Crippen LogP) is 2.72. The summed E-state index contributed by atoms with van der Waals surface area (Å²) in [6.45, 7) is 4.68. The van der Waals surface area contributed by atoms with E-state index in [0.29, 0.717) is 29.7 Å². The first-order valence-electron chi connectivity index (χ1n) is 11.6. The molecule has 1 saturated carbocycles. The molecular formula is C24H36N4O4. The molecule has 0 spiro atoms. The molecule has 32 heavy (non-hydrogen) atoms. The van der Waals surface area contributed by atoms with Crippen molar-refractivity contribution in [2.75, 3.05) is 33.9 Å². The molecule has 1 saturated heterocycles. The Morgan fingerprint density at radius 1 is 1.16 bits per heavy atom. The number of carbonyl (C=O) groups excluding carboxylic acids is 2. The molecule has 2 N–H and O–H groups in total. The maximum absolute atomic E-state index is 12.8. The van der Waals surface area contributed by atoms with E-state index in [2.05, 4.69) is 15.6 Å². The third-order valence-corrected chi connectivity index (χ3v) is 6.23. The molecule has 0 bridgehead atoms. The van der Waals surface area contributed by atoms with Crippen molar-refractivity contribution in [3.8, 4) is 5.75 Å². The minimum Gasteiger partial charge on any atom is -0.496 e. The smallest absolute Gasteiger partial charge is 0.341 e. The lowest BCUT2D eigenvalue weighted by atomic mass is 9.88. The fourth-order valence-corrected chi connectivity index (χ4v) is 4.49. The third-order valence-electron chi connectivity index (χ3n) is 6.23. The zero-order chi connectivity index (χ0) is 22.9. The molecule has 3 rings (SSSR count). The summed E-state index contributed by atoms with van der Waals surface area (Å²) in [7, 11) is 2.88. The Bertz CT molecular complexity index is 820. The van der Waals surface area contributed by atoms with Crippen LogP contribution in [0.15, 0.2) is 23.2 Å². The van der Waals surface area contributed by atoms with Crippen LogP contribution in [0.1, 0.15) is 61.4 Å². The summed E-state index contributed by atoms with van der Waals surface area (Å²) in [6.07, 6.45) is 6.59. The number of methoxy groups -OCH3 is 2. The van der Waals surface area contributed by atoms with Gasteiger partial charge in [-0.25, -0.2) is 9.79 Å². The average Bonchev–Trinajstić information content (AvgIpc) is 3.30. The standard InChI is InChI=1S/C24H36N4O4/c1-4-25-24(26-15-17-10-11-21(31-2)20(14-17)23(30)32-3)27-19-12-13-28(16-19)22(29)18-8-6-5-7-9-18/h10-11,14,18-19H,4-9,12-13,15-16H2,1-3H3,(H2,25,26,27). The second kappa shape index (κ2) is 11.7. The lowest BCUT2D eigenvalue weighted by Crippen LogP contribution is -2.45. The zero-order valence-electron chi connectivity index (χ0n) is 19.5. The Morgan fingerprint density at radius 2 is 1.94 bits per heavy atom. The summed E-state index contributed by atoms with van der Waals surface area (Å²) >= 11 is 0. The van der Waals surface area contributed by atoms with Crippen LogP contribution in [0.3, 0.4) is 0 Å². The second-order valence-corrected chi connectivity index (χ2v) is 8.47. The minimum atomic E-state index is -0.439. The minimum absolute atomic E-state index is 0.182. The maximum Gasteiger partial charge on any atom is 0.341 e. The van der Waals surface area contributed by atoms with Crippen molar-refractivity contribution < 1.29 is 19.1 Å². The maximum atomic E-state index is 12.8. The monoisotopic (exact) mass is 444 g/mol. The summed E-state index contributed by atoms with van der Waals surface area (Å²) in [5, 5.41) is 6.75. The number of esters is 1. The average molecular weight is 445 g/mol. The molecule has 1 aliphatic carbocycles. The van der Waals surface area contributed by atoms with Crippen molar-refractivity contribution in [3.63, 3.8) is 0 Å². The molecule has 8 nitrogen and oxygen atoms in total. The number of guanidine groups is 1. The fraction of sp³-hybridized carbons (Fsp3) is 0.625. The quantitative estimate of drug-likeness (QED) is 0.382. The number of aliphatic imine (C=N–C) groups is 1. The topological polar surface area (TPSA) is 92.3 Å². The summed E-state index contributed by atoms with van der Waals surface area (Å²) in [5.74, 6) is 1.28. The van der Waals surface area contributed by atoms with Crippen molar-refractivity contribution in [2.24, 2.45) is 10.9 Å². The predicted molar refractivity (Wildman–Crippen MR) is 124 cm³/mol. The van der Waals surface area contributed by atoms with E-state index in [-0.39, 0.29) is 12.0 Å². The van der Waals surface area contributed by atoms with Crippen LogP contribution in [-0.2, 0) is 16.1 Å². The highest BCUT2D eigenvalue weighted by atomic mass is 16.5. The van der Waals surface area contributed by atoms with Gasteiger partial charge in [-0.2, -0.15) is 0 Å². The third kappa shape index (κ3) is 6.14. The van der Waals surface area contributed by atoms with Crippen molar-refractivity contribution >= 4 is 17.8 Å². The molecule has 1 aromatic carbocycles. The first-order chi connectivity index (χ1) is 15.5. The van der Waals surface area contributed by atoms with E-state index < -0.39 is 5.97 Å². The van der Waals surface area contributed by atoms with Crippen LogP contribution in [0, 0.1) is 5.92 Å². The highest BCUT2D eigenvalue weighted by Gasteiger charge is 2.31. The SMILES string of the molecule is CCNC(=NCc1ccc(OC)c(C(=O)OC)c1)NC1CCN(C(=O)C2CCCCC2)C1. The molecule has 1 atom stereocenters. The second-order valence-electron chi connectivity index (χ2n) is 8.47. The zero-order valence-corrected chi connectivity index (χ0v) is 19.5. The molecular weight excluding hydrogens is 408 g/mol. The van der Waals surface area contributed by atoms with Gasteiger partial charge in [-0.05, 0) is 43.9 Å². The largest absolute Gasteiger partial charge is 0.496 e. The van der Waals surface area contributed by atoms with E-state index in [1.165, 1.54) is 33.5 Å². The summed E-state index contributed by atoms with van der Waals surface area (Å²) < 4.78 is 10.1. The number of rotatable bonds is 7. The molecule has 1 aromatic rings. The Hall–Kier alpha value is -2.77. The molecule has 0 radical (unpaired) electrons. The van der Waals surface area contributed by atoms with Gasteiger partial charge in [-0.3, -0.25) is 4.79 Å². The van der Waals surface area contributed by atoms with Crippen LogP contribution >= 0.6 is 0 Å². The van der Waals surface area contributed by atoms with E-state index in [1.807, 2.05) is 17.9 Å². The van der Waals surface area contributed by atoms with E-state index in [0.717, 1.165) is 44.5 Å². The summed E-state index contributed by atoms with van der Waals surface area (Å²) in [5.41, 5.74) is 1.26. The first kappa shape index (κ1) is 23.9. The summed E-state index contributed by atoms with van der Waals surface area (Å²) in [6, 6.07) is 5.57. The molecule has 8 heteroatoms. The van der Waals surface area contributed by atoms with Gasteiger partial charge >= 0.3 is 5.97 Å². The Kier molecular flexibility index (Phi) is 8.76. The van der Waals surface area contributed by atoms with Crippen LogP contribution in [0.25, 0.3) is 0 Å². The molecule has 0 aromatic heterocycles. The lowest BCUT2D eigenvalue weighted by molar-refractivity contribution is -0.135. The molecule has 1 aliphatic heterocycles. The van der Waals surface area contributed by atoms with Crippen LogP contribution in [-0.4, -0.2) is 62.6 Å². The number of likely N-dealkylation sites (tertiary alicyclic amines) is 1. The molecule has 2 aliphatic rings. The van der Waals surface area contributed by atoms with Crippen molar-refractivity contribution in [3.05, 3.63) is 29.3 Å². The van der Waals surface area contributed by atoms with Crippen molar-refractivity contribution in [1.29, 1.82) is 0 Å². The van der Waals surface area contributed by atoms with Gasteiger partial charge in [0.25, 0.3) is 0 Å². The molecule has 2 fully saturated rings. The van der Waals surface area contributed by atoms with Crippen LogP contribution in [0.2, 0.25) is 0 Å². The van der Waals surface area contributed by atoms with Gasteiger partial charge in [0.15, 0.2) is 5.96 Å². The van der Waals surface area contributed by atoms with E-state index in [4.69, 9.17) is 9.47 Å². The summed E-state index contributed by atoms with van der Waals surface area (Å²) in [4.78, 5) is 31.6. The van der Waals surface area contributed by atoms with Gasteiger partial charge in [0, 0.05) is 31.6 Å². The van der Waals surface area contributed by atoms with Crippen molar-refractivity contribution in [1.82, 2.24) is 15.5 Å². The van der Waals surface area contributed by atoms with E-state index in [1.54, 1.807) is 12.1 Å². The number of ether oxygens (including phenoxy) is 2.